The Morgan fingerprint density at radius 1 is 0.364 bits per heavy atom. The van der Waals surface area contributed by atoms with E-state index in [1.54, 1.807) is 0 Å². The molecule has 3 saturated carbocycles. The van der Waals surface area contributed by atoms with E-state index >= 15 is 0 Å². The fraction of sp³-hybridized carbons (Fsp3) is 0.400. The second-order valence-corrected chi connectivity index (χ2v) is 23.0. The highest BCUT2D eigenvalue weighted by Crippen LogP contribution is 2.70. The third kappa shape index (κ3) is 6.04. The molecule has 1 aromatic carbocycles. The normalized spacial score (nSPS) is 28.4. The molecule has 9 atom stereocenters. The van der Waals surface area contributed by atoms with Gasteiger partial charge in [-0.3, -0.25) is 29.9 Å². The average Bonchev–Trinajstić information content (AvgIpc) is 3.33. The molecule has 0 saturated heterocycles. The van der Waals surface area contributed by atoms with Gasteiger partial charge in [-0.2, -0.15) is 0 Å². The van der Waals surface area contributed by atoms with Crippen molar-refractivity contribution in [2.75, 3.05) is 0 Å². The summed E-state index contributed by atoms with van der Waals surface area (Å²) in [5.74, 6) is 4.80. The lowest BCUT2D eigenvalue weighted by Gasteiger charge is -2.61. The van der Waals surface area contributed by atoms with Gasteiger partial charge in [0.05, 0.1) is 34.2 Å². The van der Waals surface area contributed by atoms with Gasteiger partial charge in [0.25, 0.3) is 0 Å². The number of pyridine rings is 6. The Balaban J connectivity index is 0.897. The minimum absolute atomic E-state index is 0.236. The minimum Gasteiger partial charge on any atom is -0.255 e. The van der Waals surface area contributed by atoms with E-state index in [1.807, 2.05) is 36.8 Å². The van der Waals surface area contributed by atoms with Crippen LogP contribution in [-0.4, -0.2) is 29.9 Å². The van der Waals surface area contributed by atoms with Crippen LogP contribution >= 0.6 is 0 Å². The molecule has 330 valence electrons. The lowest BCUT2D eigenvalue weighted by molar-refractivity contribution is -0.00637. The largest absolute Gasteiger partial charge is 0.255 e. The third-order valence-corrected chi connectivity index (χ3v) is 19.0. The zero-order valence-corrected chi connectivity index (χ0v) is 39.2. The summed E-state index contributed by atoms with van der Waals surface area (Å²) in [5.41, 5.74) is 19.8. The van der Waals surface area contributed by atoms with Crippen LogP contribution < -0.4 is 0 Å². The summed E-state index contributed by atoms with van der Waals surface area (Å²) in [4.78, 5) is 29.4. The van der Waals surface area contributed by atoms with Crippen LogP contribution in [-0.2, 0) is 19.3 Å². The quantitative estimate of drug-likeness (QED) is 0.144. The van der Waals surface area contributed by atoms with E-state index in [0.29, 0.717) is 53.3 Å². The van der Waals surface area contributed by atoms with Crippen LogP contribution in [0.15, 0.2) is 128 Å². The summed E-state index contributed by atoms with van der Waals surface area (Å²) < 4.78 is 0. The number of benzene rings is 1. The number of nitrogens with zero attached hydrogens (tertiary/aromatic N) is 6. The highest BCUT2D eigenvalue weighted by atomic mass is 14.8. The highest BCUT2D eigenvalue weighted by Gasteiger charge is 2.59. The van der Waals surface area contributed by atoms with E-state index in [4.69, 9.17) is 29.9 Å². The Hall–Kier alpha value is -5.88. The van der Waals surface area contributed by atoms with Crippen LogP contribution in [0.25, 0.3) is 34.2 Å². The van der Waals surface area contributed by atoms with Gasteiger partial charge in [-0.1, -0.05) is 77.9 Å². The first-order valence-corrected chi connectivity index (χ1v) is 24.8. The van der Waals surface area contributed by atoms with Crippen molar-refractivity contribution in [1.29, 1.82) is 0 Å². The van der Waals surface area contributed by atoms with Crippen molar-refractivity contribution in [3.05, 3.63) is 178 Å². The molecule has 0 amide bonds. The van der Waals surface area contributed by atoms with Gasteiger partial charge in [-0.15, -0.1) is 0 Å². The second kappa shape index (κ2) is 14.6. The first kappa shape index (κ1) is 40.4. The van der Waals surface area contributed by atoms with Gasteiger partial charge in [0.1, 0.15) is 0 Å². The van der Waals surface area contributed by atoms with Gasteiger partial charge in [0, 0.05) is 37.2 Å². The Morgan fingerprint density at radius 2 is 0.667 bits per heavy atom. The first-order valence-electron chi connectivity index (χ1n) is 24.8. The fourth-order valence-corrected chi connectivity index (χ4v) is 15.1. The maximum atomic E-state index is 5.11. The molecule has 66 heavy (non-hydrogen) atoms. The molecule has 16 rings (SSSR count). The molecule has 0 aliphatic heterocycles. The van der Waals surface area contributed by atoms with E-state index < -0.39 is 0 Å². The molecular weight excluding hydrogens is 805 g/mol. The van der Waals surface area contributed by atoms with E-state index in [1.165, 1.54) is 69.3 Å². The molecule has 6 aromatic heterocycles. The lowest BCUT2D eigenvalue weighted by Crippen LogP contribution is -2.51. The molecule has 3 fully saturated rings. The van der Waals surface area contributed by atoms with Crippen molar-refractivity contribution in [3.63, 3.8) is 0 Å². The van der Waals surface area contributed by atoms with Gasteiger partial charge >= 0.3 is 0 Å². The maximum absolute atomic E-state index is 5.11. The Kier molecular flexibility index (Phi) is 8.91. The topological polar surface area (TPSA) is 77.3 Å². The molecule has 6 bridgehead atoms. The number of hydrogen-bond donors (Lipinski definition) is 0. The maximum Gasteiger partial charge on any atom is 0.0889 e. The summed E-state index contributed by atoms with van der Waals surface area (Å²) in [7, 11) is 0. The zero-order chi connectivity index (χ0) is 44.7. The number of hydrogen-bond acceptors (Lipinski definition) is 6. The summed E-state index contributed by atoms with van der Waals surface area (Å²) in [6.45, 7) is 15.1. The average molecular weight is 865 g/mol. The number of aromatic nitrogens is 6. The van der Waals surface area contributed by atoms with Crippen LogP contribution in [0.3, 0.4) is 0 Å². The molecule has 6 heteroatoms. The Bertz CT molecular complexity index is 2690. The van der Waals surface area contributed by atoms with E-state index in [2.05, 4.69) is 133 Å². The Labute approximate surface area is 390 Å². The third-order valence-electron chi connectivity index (χ3n) is 19.0. The van der Waals surface area contributed by atoms with Crippen LogP contribution in [0.2, 0.25) is 0 Å². The molecule has 9 aliphatic rings. The summed E-state index contributed by atoms with van der Waals surface area (Å²) in [6.07, 6.45) is 19.1. The Morgan fingerprint density at radius 3 is 0.924 bits per heavy atom. The van der Waals surface area contributed by atoms with Crippen molar-refractivity contribution in [3.8, 4) is 34.2 Å². The molecule has 7 aromatic rings. The SMILES string of the molecule is CC1(C)[C@@H]2C[C@H]1c1cc(-c3ccccn3)ncc1[C@H]2Cc1cc(C[C@@H]2c3cnc(-c4ccccn4)cc3[C@@H]3C[C@H]2C3(C)C)cc(C[C@@H]2c3cnc(-c4ccccn4)cc3[C@@H]3C[C@H]2C3(C)C)c1. The predicted octanol–water partition coefficient (Wildman–Crippen LogP) is 13.5. The van der Waals surface area contributed by atoms with Gasteiger partial charge in [-0.25, -0.2) is 0 Å². The molecular formula is C60H60N6. The van der Waals surface area contributed by atoms with Crippen molar-refractivity contribution in [2.45, 2.75) is 116 Å². The predicted molar refractivity (Wildman–Crippen MR) is 262 cm³/mol. The van der Waals surface area contributed by atoms with E-state index in [9.17, 15) is 0 Å². The molecule has 0 unspecified atom stereocenters. The highest BCUT2D eigenvalue weighted by molar-refractivity contribution is 5.61. The summed E-state index contributed by atoms with van der Waals surface area (Å²) >= 11 is 0. The monoisotopic (exact) mass is 864 g/mol. The van der Waals surface area contributed by atoms with Gasteiger partial charge in [-0.05, 0) is 213 Å². The van der Waals surface area contributed by atoms with Gasteiger partial charge in [0.2, 0.25) is 0 Å². The number of rotatable bonds is 9. The summed E-state index contributed by atoms with van der Waals surface area (Å²) in [6, 6.07) is 33.4. The smallest absolute Gasteiger partial charge is 0.0889 e. The second-order valence-electron chi connectivity index (χ2n) is 23.0. The molecule has 6 heterocycles. The zero-order valence-electron chi connectivity index (χ0n) is 39.2. The van der Waals surface area contributed by atoms with Crippen molar-refractivity contribution < 1.29 is 0 Å². The first-order chi connectivity index (χ1) is 31.9. The van der Waals surface area contributed by atoms with Crippen LogP contribution in [0.5, 0.6) is 0 Å². The minimum atomic E-state index is 0.236. The van der Waals surface area contributed by atoms with Crippen LogP contribution in [0.1, 0.15) is 146 Å². The molecule has 6 nitrogen and oxygen atoms in total. The fourth-order valence-electron chi connectivity index (χ4n) is 15.1. The van der Waals surface area contributed by atoms with E-state index in [0.717, 1.165) is 53.4 Å². The van der Waals surface area contributed by atoms with Gasteiger partial charge < -0.3 is 0 Å². The standard InChI is InChI=1S/C60H60N6/c1-58(2)46-28-49(58)40-25-55(52-13-7-10-16-61-52)64-31-43(40)37(46)22-34-19-35(23-38-44-32-65-56(53-14-8-11-17-62-53)26-41(44)50-29-47(38)59(50,3)4)21-36(20-34)24-39-45-33-66-57(54-15-9-12-18-63-54)27-42(45)51-30-48(39)60(51,5)6/h7-21,25-27,31-33,37-39,46-51H,22-24,28-30H2,1-6H3/t37-,38-,39-,46-,47-,48-,49+,50+,51+/m1/s1. The molecule has 0 N–H and O–H groups in total. The lowest BCUT2D eigenvalue weighted by atomic mass is 9.43. The van der Waals surface area contributed by atoms with E-state index in [-0.39, 0.29) is 16.2 Å². The van der Waals surface area contributed by atoms with Crippen molar-refractivity contribution in [1.82, 2.24) is 29.9 Å². The van der Waals surface area contributed by atoms with Crippen molar-refractivity contribution >= 4 is 0 Å². The van der Waals surface area contributed by atoms with Crippen molar-refractivity contribution in [2.24, 2.45) is 34.0 Å². The molecule has 9 aliphatic carbocycles. The molecule has 0 radical (unpaired) electrons. The van der Waals surface area contributed by atoms with Crippen LogP contribution in [0.4, 0.5) is 0 Å². The van der Waals surface area contributed by atoms with Gasteiger partial charge in [0.15, 0.2) is 0 Å². The summed E-state index contributed by atoms with van der Waals surface area (Å²) in [5, 5.41) is 0. The van der Waals surface area contributed by atoms with Crippen LogP contribution in [0, 0.1) is 34.0 Å². The molecule has 0 spiro atoms.